The molecule has 1 saturated heterocycles. The molecule has 4 heteroatoms. The van der Waals surface area contributed by atoms with Gasteiger partial charge in [-0.15, -0.1) is 0 Å². The number of hydrogen-bond donors (Lipinski definition) is 0. The van der Waals surface area contributed by atoms with Crippen molar-refractivity contribution in [3.63, 3.8) is 0 Å². The van der Waals surface area contributed by atoms with E-state index in [1.54, 1.807) is 13.2 Å². The molecule has 0 radical (unpaired) electrons. The molecule has 0 unspecified atom stereocenters. The highest BCUT2D eigenvalue weighted by molar-refractivity contribution is 5.91. The second kappa shape index (κ2) is 6.54. The summed E-state index contributed by atoms with van der Waals surface area (Å²) < 4.78 is 7.54. The molecule has 1 aromatic heterocycles. The minimum atomic E-state index is 0.150. The van der Waals surface area contributed by atoms with Gasteiger partial charge in [-0.2, -0.15) is 0 Å². The molecule has 3 aromatic rings. The molecule has 2 aromatic carbocycles. The van der Waals surface area contributed by atoms with E-state index in [9.17, 15) is 4.79 Å². The van der Waals surface area contributed by atoms with Crippen LogP contribution in [0.15, 0.2) is 59.4 Å². The van der Waals surface area contributed by atoms with Crippen LogP contribution in [0.2, 0.25) is 0 Å². The van der Waals surface area contributed by atoms with Crippen molar-refractivity contribution in [3.05, 3.63) is 76.2 Å². The van der Waals surface area contributed by atoms with Crippen LogP contribution in [0.25, 0.3) is 10.8 Å². The number of benzene rings is 2. The van der Waals surface area contributed by atoms with Crippen LogP contribution in [0.1, 0.15) is 23.6 Å². The summed E-state index contributed by atoms with van der Waals surface area (Å²) in [6, 6.07) is 18.5. The largest absolute Gasteiger partial charge is 0.496 e. The predicted octanol–water partition coefficient (Wildman–Crippen LogP) is 3.63. The number of likely N-dealkylation sites (tertiary alicyclic amines) is 1. The van der Waals surface area contributed by atoms with E-state index < -0.39 is 0 Å². The third-order valence-electron chi connectivity index (χ3n) is 6.14. The quantitative estimate of drug-likeness (QED) is 0.715. The monoisotopic (exact) mass is 360 g/mol. The first-order chi connectivity index (χ1) is 13.2. The van der Waals surface area contributed by atoms with E-state index in [0.29, 0.717) is 11.8 Å². The van der Waals surface area contributed by atoms with Gasteiger partial charge in [0.2, 0.25) is 0 Å². The number of fused-ring (bicyclic) bond motifs is 5. The minimum absolute atomic E-state index is 0.150. The maximum atomic E-state index is 12.2. The Morgan fingerprint density at radius 3 is 2.67 bits per heavy atom. The summed E-state index contributed by atoms with van der Waals surface area (Å²) in [5.74, 6) is 1.94. The van der Waals surface area contributed by atoms with Crippen molar-refractivity contribution >= 4 is 10.8 Å². The number of rotatable bonds is 3. The number of methoxy groups -OCH3 is 1. The van der Waals surface area contributed by atoms with E-state index in [0.717, 1.165) is 31.9 Å². The number of pyridine rings is 1. The molecular formula is C23H24N2O2. The van der Waals surface area contributed by atoms with Crippen molar-refractivity contribution in [1.82, 2.24) is 9.47 Å². The van der Waals surface area contributed by atoms with Crippen LogP contribution in [0.4, 0.5) is 0 Å². The summed E-state index contributed by atoms with van der Waals surface area (Å²) in [4.78, 5) is 14.8. The van der Waals surface area contributed by atoms with Gasteiger partial charge in [-0.25, -0.2) is 0 Å². The maximum Gasteiger partial charge on any atom is 0.250 e. The van der Waals surface area contributed by atoms with Crippen LogP contribution < -0.4 is 10.3 Å². The maximum absolute atomic E-state index is 12.2. The number of ether oxygens (including phenoxy) is 1. The lowest BCUT2D eigenvalue weighted by atomic mass is 9.83. The molecule has 0 spiro atoms. The standard InChI is InChI=1S/C23H24N2O2/c1-27-22-10-9-17(19-5-2-3-6-20(19)22)14-24-12-16-11-18(15-24)21-7-4-8-23(26)25(21)13-16/h2-10,16,18H,11-15H2,1H3/t16-,18+/m0/s1. The normalized spacial score (nSPS) is 21.8. The molecule has 2 aliphatic rings. The van der Waals surface area contributed by atoms with Gasteiger partial charge in [-0.3, -0.25) is 9.69 Å². The molecule has 2 atom stereocenters. The zero-order valence-electron chi connectivity index (χ0n) is 15.6. The summed E-state index contributed by atoms with van der Waals surface area (Å²) in [5, 5.41) is 2.44. The van der Waals surface area contributed by atoms with E-state index in [1.165, 1.54) is 28.5 Å². The molecular weight excluding hydrogens is 336 g/mol. The van der Waals surface area contributed by atoms with Crippen molar-refractivity contribution in [2.45, 2.75) is 25.4 Å². The van der Waals surface area contributed by atoms with Crippen molar-refractivity contribution < 1.29 is 4.74 Å². The van der Waals surface area contributed by atoms with E-state index in [4.69, 9.17) is 4.74 Å². The number of piperidine rings is 1. The molecule has 4 nitrogen and oxygen atoms in total. The smallest absolute Gasteiger partial charge is 0.250 e. The lowest BCUT2D eigenvalue weighted by Crippen LogP contribution is -2.46. The third kappa shape index (κ3) is 2.85. The SMILES string of the molecule is COc1ccc(CN2C[C@@H]3C[C@H](C2)c2cccc(=O)n2C3)c2ccccc12. The molecule has 27 heavy (non-hydrogen) atoms. The van der Waals surface area contributed by atoms with Crippen LogP contribution in [0, 0.1) is 5.92 Å². The third-order valence-corrected chi connectivity index (χ3v) is 6.14. The number of aromatic nitrogens is 1. The summed E-state index contributed by atoms with van der Waals surface area (Å²) in [7, 11) is 1.73. The van der Waals surface area contributed by atoms with Gasteiger partial charge in [0.15, 0.2) is 0 Å². The van der Waals surface area contributed by atoms with E-state index in [1.807, 2.05) is 10.6 Å². The van der Waals surface area contributed by atoms with Crippen molar-refractivity contribution in [3.8, 4) is 5.75 Å². The fraction of sp³-hybridized carbons (Fsp3) is 0.348. The highest BCUT2D eigenvalue weighted by atomic mass is 16.5. The molecule has 2 bridgehead atoms. The Bertz CT molecular complexity index is 1060. The minimum Gasteiger partial charge on any atom is -0.496 e. The number of hydrogen-bond acceptors (Lipinski definition) is 3. The van der Waals surface area contributed by atoms with Gasteiger partial charge in [-0.1, -0.05) is 36.4 Å². The Hall–Kier alpha value is -2.59. The molecule has 0 amide bonds. The van der Waals surface area contributed by atoms with E-state index >= 15 is 0 Å². The van der Waals surface area contributed by atoms with Crippen molar-refractivity contribution in [1.29, 1.82) is 0 Å². The highest BCUT2D eigenvalue weighted by Crippen LogP contribution is 2.36. The summed E-state index contributed by atoms with van der Waals surface area (Å²) in [5.41, 5.74) is 2.71. The molecule has 1 fully saturated rings. The Labute approximate surface area is 159 Å². The second-order valence-corrected chi connectivity index (χ2v) is 7.86. The van der Waals surface area contributed by atoms with Gasteiger partial charge in [0, 0.05) is 49.2 Å². The summed E-state index contributed by atoms with van der Waals surface area (Å²) in [6.45, 7) is 3.86. The predicted molar refractivity (Wildman–Crippen MR) is 107 cm³/mol. The van der Waals surface area contributed by atoms with Gasteiger partial charge < -0.3 is 9.30 Å². The molecule has 3 heterocycles. The molecule has 2 aliphatic heterocycles. The van der Waals surface area contributed by atoms with Gasteiger partial charge in [0.25, 0.3) is 5.56 Å². The number of nitrogens with zero attached hydrogens (tertiary/aromatic N) is 2. The first kappa shape index (κ1) is 16.6. The molecule has 138 valence electrons. The zero-order chi connectivity index (χ0) is 18.4. The van der Waals surface area contributed by atoms with Gasteiger partial charge in [0.05, 0.1) is 7.11 Å². The van der Waals surface area contributed by atoms with Gasteiger partial charge >= 0.3 is 0 Å². The molecule has 0 aliphatic carbocycles. The van der Waals surface area contributed by atoms with Crippen molar-refractivity contribution in [2.75, 3.05) is 20.2 Å². The Morgan fingerprint density at radius 1 is 0.963 bits per heavy atom. The van der Waals surface area contributed by atoms with Crippen LogP contribution in [-0.4, -0.2) is 29.7 Å². The van der Waals surface area contributed by atoms with Gasteiger partial charge in [-0.05, 0) is 35.4 Å². The highest BCUT2D eigenvalue weighted by Gasteiger charge is 2.34. The van der Waals surface area contributed by atoms with Crippen LogP contribution >= 0.6 is 0 Å². The van der Waals surface area contributed by atoms with Crippen LogP contribution in [0.3, 0.4) is 0 Å². The first-order valence-corrected chi connectivity index (χ1v) is 9.69. The summed E-state index contributed by atoms with van der Waals surface area (Å²) in [6.07, 6.45) is 1.20. The topological polar surface area (TPSA) is 34.5 Å². The van der Waals surface area contributed by atoms with Crippen LogP contribution in [-0.2, 0) is 13.1 Å². The van der Waals surface area contributed by atoms with E-state index in [-0.39, 0.29) is 5.56 Å². The fourth-order valence-corrected chi connectivity index (χ4v) is 5.02. The average molecular weight is 360 g/mol. The average Bonchev–Trinajstić information content (AvgIpc) is 2.69. The Balaban J connectivity index is 1.45. The van der Waals surface area contributed by atoms with Crippen LogP contribution in [0.5, 0.6) is 5.75 Å². The molecule has 0 N–H and O–H groups in total. The molecule has 5 rings (SSSR count). The van der Waals surface area contributed by atoms with Gasteiger partial charge in [0.1, 0.15) is 5.75 Å². The van der Waals surface area contributed by atoms with Crippen molar-refractivity contribution in [2.24, 2.45) is 5.92 Å². The fourth-order valence-electron chi connectivity index (χ4n) is 5.02. The molecule has 0 saturated carbocycles. The second-order valence-electron chi connectivity index (χ2n) is 7.86. The first-order valence-electron chi connectivity index (χ1n) is 9.69. The Kier molecular flexibility index (Phi) is 4.01. The zero-order valence-corrected chi connectivity index (χ0v) is 15.6. The summed E-state index contributed by atoms with van der Waals surface area (Å²) >= 11 is 0. The Morgan fingerprint density at radius 2 is 1.81 bits per heavy atom. The lowest BCUT2D eigenvalue weighted by Gasteiger charge is -2.43. The van der Waals surface area contributed by atoms with E-state index in [2.05, 4.69) is 47.4 Å². The lowest BCUT2D eigenvalue weighted by molar-refractivity contribution is 0.114.